The number of carbonyl (C=O) groups is 1. The lowest BCUT2D eigenvalue weighted by molar-refractivity contribution is -0.116. The normalized spacial score (nSPS) is 17.9. The average molecular weight is 206 g/mol. The minimum Gasteiger partial charge on any atom is -0.331 e. The fourth-order valence-electron chi connectivity index (χ4n) is 2.41. The van der Waals surface area contributed by atoms with Crippen LogP contribution >= 0.6 is 0 Å². The van der Waals surface area contributed by atoms with E-state index in [1.807, 2.05) is 12.5 Å². The van der Waals surface area contributed by atoms with Crippen LogP contribution in [0.15, 0.2) is 12.5 Å². The van der Waals surface area contributed by atoms with Crippen molar-refractivity contribution >= 4 is 5.78 Å². The molecule has 1 saturated carbocycles. The number of rotatable bonds is 3. The second-order valence-corrected chi connectivity index (χ2v) is 4.46. The molecule has 0 atom stereocenters. The maximum atomic E-state index is 11.1. The summed E-state index contributed by atoms with van der Waals surface area (Å²) in [5.41, 5.74) is 1.08. The lowest BCUT2D eigenvalue weighted by Crippen LogP contribution is -2.15. The van der Waals surface area contributed by atoms with Gasteiger partial charge in [0.1, 0.15) is 5.78 Å². The van der Waals surface area contributed by atoms with Gasteiger partial charge >= 0.3 is 0 Å². The fraction of sp³-hybridized carbons (Fsp3) is 0.667. The Kier molecular flexibility index (Phi) is 3.19. The van der Waals surface area contributed by atoms with Crippen LogP contribution in [0.1, 0.15) is 50.8 Å². The molecule has 0 radical (unpaired) electrons. The molecular formula is C12H18N2O. The molecule has 1 aliphatic rings. The molecule has 3 nitrogen and oxygen atoms in total. The molecule has 1 fully saturated rings. The molecule has 1 heterocycles. The van der Waals surface area contributed by atoms with E-state index >= 15 is 0 Å². The first-order chi connectivity index (χ1) is 7.27. The molecule has 1 aromatic heterocycles. The van der Waals surface area contributed by atoms with Gasteiger partial charge in [0, 0.05) is 24.4 Å². The van der Waals surface area contributed by atoms with E-state index in [0.29, 0.717) is 12.5 Å². The first-order valence-electron chi connectivity index (χ1n) is 5.77. The third-order valence-corrected chi connectivity index (χ3v) is 3.14. The lowest BCUT2D eigenvalue weighted by Gasteiger charge is -2.24. The highest BCUT2D eigenvalue weighted by Crippen LogP contribution is 2.28. The predicted molar refractivity (Wildman–Crippen MR) is 58.7 cm³/mol. The van der Waals surface area contributed by atoms with Crippen LogP contribution in [0.5, 0.6) is 0 Å². The molecule has 0 N–H and O–H groups in total. The number of Topliss-reactive ketones (excluding diaryl/α,β-unsaturated/α-hetero) is 1. The first-order valence-corrected chi connectivity index (χ1v) is 5.77. The molecular weight excluding hydrogens is 188 g/mol. The van der Waals surface area contributed by atoms with Gasteiger partial charge in [-0.05, 0) is 19.8 Å². The quantitative estimate of drug-likeness (QED) is 0.761. The Hall–Kier alpha value is -1.12. The third kappa shape index (κ3) is 2.46. The molecule has 0 aliphatic heterocycles. The predicted octanol–water partition coefficient (Wildman–Crippen LogP) is 2.52. The zero-order chi connectivity index (χ0) is 10.7. The molecule has 3 heteroatoms. The smallest absolute Gasteiger partial charge is 0.135 e. The topological polar surface area (TPSA) is 34.9 Å². The van der Waals surface area contributed by atoms with Crippen LogP contribution in [-0.2, 0) is 11.2 Å². The zero-order valence-corrected chi connectivity index (χ0v) is 9.28. The molecule has 0 amide bonds. The van der Waals surface area contributed by atoms with E-state index in [2.05, 4.69) is 9.55 Å². The summed E-state index contributed by atoms with van der Waals surface area (Å²) in [6.07, 6.45) is 10.7. The van der Waals surface area contributed by atoms with E-state index in [0.717, 1.165) is 5.69 Å². The molecule has 0 unspecified atom stereocenters. The van der Waals surface area contributed by atoms with Gasteiger partial charge in [-0.25, -0.2) is 4.98 Å². The van der Waals surface area contributed by atoms with Crippen molar-refractivity contribution in [1.29, 1.82) is 0 Å². The monoisotopic (exact) mass is 206 g/mol. The highest BCUT2D eigenvalue weighted by molar-refractivity contribution is 5.77. The first kappa shape index (κ1) is 10.4. The van der Waals surface area contributed by atoms with Gasteiger partial charge in [0.15, 0.2) is 0 Å². The molecule has 15 heavy (non-hydrogen) atoms. The number of imidazole rings is 1. The van der Waals surface area contributed by atoms with E-state index in [4.69, 9.17) is 0 Å². The number of hydrogen-bond acceptors (Lipinski definition) is 2. The summed E-state index contributed by atoms with van der Waals surface area (Å²) >= 11 is 0. The minimum absolute atomic E-state index is 0.215. The van der Waals surface area contributed by atoms with E-state index in [-0.39, 0.29) is 5.78 Å². The van der Waals surface area contributed by atoms with Crippen molar-refractivity contribution in [2.75, 3.05) is 0 Å². The van der Waals surface area contributed by atoms with Crippen LogP contribution in [-0.4, -0.2) is 15.3 Å². The molecule has 1 aromatic rings. The van der Waals surface area contributed by atoms with Crippen LogP contribution in [0.2, 0.25) is 0 Å². The maximum absolute atomic E-state index is 11.1. The molecule has 2 rings (SSSR count). The van der Waals surface area contributed by atoms with E-state index in [1.165, 1.54) is 32.1 Å². The number of ketones is 1. The van der Waals surface area contributed by atoms with Crippen molar-refractivity contribution in [3.8, 4) is 0 Å². The maximum Gasteiger partial charge on any atom is 0.135 e. The molecule has 0 saturated heterocycles. The Morgan fingerprint density at radius 2 is 2.20 bits per heavy atom. The Morgan fingerprint density at radius 1 is 1.47 bits per heavy atom. The van der Waals surface area contributed by atoms with Crippen molar-refractivity contribution in [2.45, 2.75) is 51.5 Å². The number of carbonyl (C=O) groups excluding carboxylic acids is 1. The van der Waals surface area contributed by atoms with Crippen LogP contribution in [0.25, 0.3) is 0 Å². The molecule has 0 spiro atoms. The second-order valence-electron chi connectivity index (χ2n) is 4.46. The summed E-state index contributed by atoms with van der Waals surface area (Å²) in [5.74, 6) is 0.215. The van der Waals surface area contributed by atoms with Crippen molar-refractivity contribution < 1.29 is 4.79 Å². The van der Waals surface area contributed by atoms with Gasteiger partial charge < -0.3 is 4.57 Å². The minimum atomic E-state index is 0.215. The van der Waals surface area contributed by atoms with Gasteiger partial charge in [-0.1, -0.05) is 19.3 Å². The molecule has 0 bridgehead atoms. The van der Waals surface area contributed by atoms with Crippen molar-refractivity contribution in [3.05, 3.63) is 18.2 Å². The van der Waals surface area contributed by atoms with Crippen molar-refractivity contribution in [3.63, 3.8) is 0 Å². The van der Waals surface area contributed by atoms with Gasteiger partial charge in [-0.2, -0.15) is 0 Å². The zero-order valence-electron chi connectivity index (χ0n) is 9.28. The fourth-order valence-corrected chi connectivity index (χ4v) is 2.41. The second kappa shape index (κ2) is 4.60. The summed E-state index contributed by atoms with van der Waals surface area (Å²) in [5, 5.41) is 0. The third-order valence-electron chi connectivity index (χ3n) is 3.14. The SMILES string of the molecule is CC(=O)Cc1cncn1C1CCCCC1. The van der Waals surface area contributed by atoms with E-state index in [9.17, 15) is 4.79 Å². The summed E-state index contributed by atoms with van der Waals surface area (Å²) in [7, 11) is 0. The number of hydrogen-bond donors (Lipinski definition) is 0. The highest BCUT2D eigenvalue weighted by Gasteiger charge is 2.17. The standard InChI is InChI=1S/C12H18N2O/c1-10(15)7-12-8-13-9-14(12)11-5-3-2-4-6-11/h8-9,11H,2-7H2,1H3. The van der Waals surface area contributed by atoms with Crippen LogP contribution < -0.4 is 0 Å². The molecule has 82 valence electrons. The van der Waals surface area contributed by atoms with Gasteiger partial charge in [-0.3, -0.25) is 4.79 Å². The van der Waals surface area contributed by atoms with Gasteiger partial charge in [0.2, 0.25) is 0 Å². The molecule has 0 aromatic carbocycles. The highest BCUT2D eigenvalue weighted by atomic mass is 16.1. The van der Waals surface area contributed by atoms with Gasteiger partial charge in [-0.15, -0.1) is 0 Å². The Labute approximate surface area is 90.5 Å². The Morgan fingerprint density at radius 3 is 2.87 bits per heavy atom. The molecule has 1 aliphatic carbocycles. The number of aromatic nitrogens is 2. The average Bonchev–Trinajstić information content (AvgIpc) is 2.66. The summed E-state index contributed by atoms with van der Waals surface area (Å²) < 4.78 is 2.21. The van der Waals surface area contributed by atoms with Crippen LogP contribution in [0.4, 0.5) is 0 Å². The van der Waals surface area contributed by atoms with E-state index in [1.54, 1.807) is 6.92 Å². The summed E-state index contributed by atoms with van der Waals surface area (Å²) in [6.45, 7) is 1.64. The van der Waals surface area contributed by atoms with Crippen molar-refractivity contribution in [2.24, 2.45) is 0 Å². The van der Waals surface area contributed by atoms with Crippen LogP contribution in [0, 0.1) is 0 Å². The van der Waals surface area contributed by atoms with Gasteiger partial charge in [0.05, 0.1) is 6.33 Å². The van der Waals surface area contributed by atoms with Crippen LogP contribution in [0.3, 0.4) is 0 Å². The number of nitrogens with zero attached hydrogens (tertiary/aromatic N) is 2. The van der Waals surface area contributed by atoms with Crippen molar-refractivity contribution in [1.82, 2.24) is 9.55 Å². The lowest BCUT2D eigenvalue weighted by atomic mass is 9.95. The summed E-state index contributed by atoms with van der Waals surface area (Å²) in [4.78, 5) is 15.3. The summed E-state index contributed by atoms with van der Waals surface area (Å²) in [6, 6.07) is 0.579. The largest absolute Gasteiger partial charge is 0.331 e. The Bertz CT molecular complexity index is 337. The van der Waals surface area contributed by atoms with E-state index < -0.39 is 0 Å². The Balaban J connectivity index is 2.12. The van der Waals surface area contributed by atoms with Gasteiger partial charge in [0.25, 0.3) is 0 Å².